The Kier molecular flexibility index (Phi) is 7.80. The molecule has 2 rings (SSSR count). The molecule has 0 saturated heterocycles. The third-order valence-electron chi connectivity index (χ3n) is 4.24. The fourth-order valence-corrected chi connectivity index (χ4v) is 2.61. The highest BCUT2D eigenvalue weighted by Gasteiger charge is 2.26. The number of ether oxygens (including phenoxy) is 2. The summed E-state index contributed by atoms with van der Waals surface area (Å²) in [6.45, 7) is 3.53. The van der Waals surface area contributed by atoms with E-state index < -0.39 is 17.8 Å². The van der Waals surface area contributed by atoms with E-state index in [1.165, 1.54) is 11.0 Å². The van der Waals surface area contributed by atoms with Crippen LogP contribution >= 0.6 is 0 Å². The zero-order valence-electron chi connectivity index (χ0n) is 16.3. The zero-order chi connectivity index (χ0) is 20.5. The van der Waals surface area contributed by atoms with Crippen LogP contribution in [0.5, 0.6) is 11.5 Å². The van der Waals surface area contributed by atoms with Gasteiger partial charge in [-0.05, 0) is 44.2 Å². The number of benzene rings is 2. The minimum Gasteiger partial charge on any atom is -0.497 e. The maximum Gasteiger partial charge on any atom is 0.261 e. The first-order valence-electron chi connectivity index (χ1n) is 9.03. The third kappa shape index (κ3) is 5.70. The topological polar surface area (TPSA) is 67.9 Å². The molecule has 150 valence electrons. The van der Waals surface area contributed by atoms with Crippen LogP contribution in [0.4, 0.5) is 4.39 Å². The molecule has 0 fully saturated rings. The lowest BCUT2D eigenvalue weighted by Gasteiger charge is -2.28. The molecule has 0 bridgehead atoms. The van der Waals surface area contributed by atoms with Crippen LogP contribution in [0.1, 0.15) is 19.4 Å². The Labute approximate surface area is 164 Å². The van der Waals surface area contributed by atoms with E-state index in [-0.39, 0.29) is 19.1 Å². The molecule has 0 aromatic heterocycles. The van der Waals surface area contributed by atoms with Crippen LogP contribution in [0.2, 0.25) is 0 Å². The highest BCUT2D eigenvalue weighted by Crippen LogP contribution is 2.18. The van der Waals surface area contributed by atoms with Crippen LogP contribution in [-0.4, -0.2) is 43.0 Å². The van der Waals surface area contributed by atoms with Crippen molar-refractivity contribution < 1.29 is 23.5 Å². The molecule has 0 aliphatic rings. The highest BCUT2D eigenvalue weighted by atomic mass is 19.1. The van der Waals surface area contributed by atoms with Crippen molar-refractivity contribution >= 4 is 11.8 Å². The van der Waals surface area contributed by atoms with Gasteiger partial charge in [-0.2, -0.15) is 0 Å². The molecule has 2 aromatic carbocycles. The van der Waals surface area contributed by atoms with E-state index in [0.717, 1.165) is 0 Å². The second kappa shape index (κ2) is 10.3. The number of carbonyl (C=O) groups excluding carboxylic acids is 2. The number of hydrogen-bond acceptors (Lipinski definition) is 4. The Morgan fingerprint density at radius 2 is 1.75 bits per heavy atom. The zero-order valence-corrected chi connectivity index (χ0v) is 16.3. The molecule has 2 aromatic rings. The summed E-state index contributed by atoms with van der Waals surface area (Å²) in [5, 5.41) is 2.69. The monoisotopic (exact) mass is 388 g/mol. The van der Waals surface area contributed by atoms with Gasteiger partial charge in [0.2, 0.25) is 5.91 Å². The van der Waals surface area contributed by atoms with Crippen molar-refractivity contribution in [3.8, 4) is 11.5 Å². The summed E-state index contributed by atoms with van der Waals surface area (Å²) in [6.07, 6.45) is 0. The van der Waals surface area contributed by atoms with Gasteiger partial charge in [-0.3, -0.25) is 9.59 Å². The summed E-state index contributed by atoms with van der Waals surface area (Å²) < 4.78 is 24.7. The van der Waals surface area contributed by atoms with Gasteiger partial charge in [-0.1, -0.05) is 18.2 Å². The molecule has 1 N–H and O–H groups in total. The second-order valence-electron chi connectivity index (χ2n) is 6.15. The second-order valence-corrected chi connectivity index (χ2v) is 6.15. The number of nitrogens with one attached hydrogen (secondary N) is 1. The molecule has 0 spiro atoms. The lowest BCUT2D eigenvalue weighted by atomic mass is 10.1. The molecule has 7 heteroatoms. The van der Waals surface area contributed by atoms with Crippen molar-refractivity contribution in [2.24, 2.45) is 0 Å². The summed E-state index contributed by atoms with van der Waals surface area (Å²) in [5.41, 5.74) is 0.330. The maximum atomic E-state index is 14.1. The Bertz CT molecular complexity index is 795. The Balaban J connectivity index is 2.12. The van der Waals surface area contributed by atoms with Crippen molar-refractivity contribution in [2.45, 2.75) is 26.4 Å². The van der Waals surface area contributed by atoms with Gasteiger partial charge >= 0.3 is 0 Å². The smallest absolute Gasteiger partial charge is 0.261 e. The molecule has 1 atom stereocenters. The van der Waals surface area contributed by atoms with Crippen LogP contribution < -0.4 is 14.8 Å². The van der Waals surface area contributed by atoms with Crippen molar-refractivity contribution in [2.75, 3.05) is 20.3 Å². The van der Waals surface area contributed by atoms with Crippen molar-refractivity contribution in [1.82, 2.24) is 10.2 Å². The minimum absolute atomic E-state index is 0.0320. The van der Waals surface area contributed by atoms with Gasteiger partial charge in [0.15, 0.2) is 6.61 Å². The van der Waals surface area contributed by atoms with Gasteiger partial charge in [0, 0.05) is 18.7 Å². The molecule has 0 saturated carbocycles. The van der Waals surface area contributed by atoms with Gasteiger partial charge in [-0.25, -0.2) is 4.39 Å². The van der Waals surface area contributed by atoms with Crippen molar-refractivity contribution in [3.63, 3.8) is 0 Å². The normalized spacial score (nSPS) is 11.4. The SMILES string of the molecule is CCNC(=O)[C@H](C)N(Cc1ccccc1F)C(=O)COc1ccc(OC)cc1. The average Bonchev–Trinajstić information content (AvgIpc) is 2.71. The predicted molar refractivity (Wildman–Crippen MR) is 104 cm³/mol. The first-order chi connectivity index (χ1) is 13.5. The lowest BCUT2D eigenvalue weighted by Crippen LogP contribution is -2.49. The predicted octanol–water partition coefficient (Wildman–Crippen LogP) is 2.77. The summed E-state index contributed by atoms with van der Waals surface area (Å²) >= 11 is 0. The van der Waals surface area contributed by atoms with Crippen LogP contribution in [0, 0.1) is 5.82 Å². The van der Waals surface area contributed by atoms with Gasteiger partial charge in [0.25, 0.3) is 5.91 Å². The number of likely N-dealkylation sites (N-methyl/N-ethyl adjacent to an activating group) is 1. The molecule has 0 unspecified atom stereocenters. The third-order valence-corrected chi connectivity index (χ3v) is 4.24. The number of hydrogen-bond donors (Lipinski definition) is 1. The number of halogens is 1. The Morgan fingerprint density at radius 1 is 1.11 bits per heavy atom. The highest BCUT2D eigenvalue weighted by molar-refractivity contribution is 5.87. The van der Waals surface area contributed by atoms with E-state index in [2.05, 4.69) is 5.32 Å². The molecule has 28 heavy (non-hydrogen) atoms. The number of methoxy groups -OCH3 is 1. The largest absolute Gasteiger partial charge is 0.497 e. The minimum atomic E-state index is -0.772. The van der Waals surface area contributed by atoms with E-state index >= 15 is 0 Å². The molecular weight excluding hydrogens is 363 g/mol. The molecule has 0 radical (unpaired) electrons. The van der Waals surface area contributed by atoms with Gasteiger partial charge in [0.05, 0.1) is 7.11 Å². The first kappa shape index (κ1) is 21.2. The van der Waals surface area contributed by atoms with Gasteiger partial charge in [0.1, 0.15) is 23.4 Å². The van der Waals surface area contributed by atoms with Gasteiger partial charge < -0.3 is 19.7 Å². The van der Waals surface area contributed by atoms with E-state index in [1.54, 1.807) is 63.4 Å². The van der Waals surface area contributed by atoms with E-state index in [0.29, 0.717) is 23.6 Å². The molecule has 2 amide bonds. The quantitative estimate of drug-likeness (QED) is 0.717. The van der Waals surface area contributed by atoms with Crippen LogP contribution in [-0.2, 0) is 16.1 Å². The molecule has 0 heterocycles. The maximum absolute atomic E-state index is 14.1. The fraction of sp³-hybridized carbons (Fsp3) is 0.333. The standard InChI is InChI=1S/C21H25FN2O4/c1-4-23-21(26)15(2)24(13-16-7-5-6-8-19(16)22)20(25)14-28-18-11-9-17(27-3)10-12-18/h5-12,15H,4,13-14H2,1-3H3,(H,23,26)/t15-/m0/s1. The van der Waals surface area contributed by atoms with Crippen LogP contribution in [0.3, 0.4) is 0 Å². The summed E-state index contributed by atoms with van der Waals surface area (Å²) in [5.74, 6) is 0.00398. The van der Waals surface area contributed by atoms with E-state index in [9.17, 15) is 14.0 Å². The number of carbonyl (C=O) groups is 2. The average molecular weight is 388 g/mol. The summed E-state index contributed by atoms with van der Waals surface area (Å²) in [7, 11) is 1.56. The summed E-state index contributed by atoms with van der Waals surface area (Å²) in [6, 6.07) is 12.2. The Hall–Kier alpha value is -3.09. The number of rotatable bonds is 9. The van der Waals surface area contributed by atoms with Crippen LogP contribution in [0.15, 0.2) is 48.5 Å². The first-order valence-corrected chi connectivity index (χ1v) is 9.03. The Morgan fingerprint density at radius 3 is 2.36 bits per heavy atom. The van der Waals surface area contributed by atoms with Crippen LogP contribution in [0.25, 0.3) is 0 Å². The molecule has 0 aliphatic heterocycles. The number of amides is 2. The van der Waals surface area contributed by atoms with E-state index in [4.69, 9.17) is 9.47 Å². The summed E-state index contributed by atoms with van der Waals surface area (Å²) in [4.78, 5) is 26.3. The van der Waals surface area contributed by atoms with E-state index in [1.807, 2.05) is 0 Å². The lowest BCUT2D eigenvalue weighted by molar-refractivity contribution is -0.142. The fourth-order valence-electron chi connectivity index (χ4n) is 2.61. The van der Waals surface area contributed by atoms with Gasteiger partial charge in [-0.15, -0.1) is 0 Å². The molecule has 6 nitrogen and oxygen atoms in total. The molecular formula is C21H25FN2O4. The molecule has 0 aliphatic carbocycles. The van der Waals surface area contributed by atoms with Crippen molar-refractivity contribution in [3.05, 3.63) is 59.9 Å². The van der Waals surface area contributed by atoms with Crippen molar-refractivity contribution in [1.29, 1.82) is 0 Å². The number of nitrogens with zero attached hydrogens (tertiary/aromatic N) is 1.